The molecule has 0 aliphatic rings. The molecule has 0 saturated carbocycles. The van der Waals surface area contributed by atoms with Gasteiger partial charge >= 0.3 is 11.9 Å². The smallest absolute Gasteiger partial charge is 0.335 e. The number of esters is 2. The summed E-state index contributed by atoms with van der Waals surface area (Å²) in [6.07, 6.45) is 3.08. The van der Waals surface area contributed by atoms with Gasteiger partial charge in [-0.05, 0) is 48.0 Å². The molecule has 0 aromatic carbocycles. The van der Waals surface area contributed by atoms with Gasteiger partial charge < -0.3 is 29.0 Å². The molecular formula is C24H41N6O7P. The van der Waals surface area contributed by atoms with Crippen molar-refractivity contribution in [3.05, 3.63) is 12.7 Å². The Labute approximate surface area is 223 Å². The van der Waals surface area contributed by atoms with Crippen LogP contribution in [0.25, 0.3) is 11.2 Å². The van der Waals surface area contributed by atoms with Crippen molar-refractivity contribution in [2.45, 2.75) is 98.1 Å². The number of carbonyl (C=O) groups excluding carboxylic acids is 2. The first-order valence-corrected chi connectivity index (χ1v) is 14.6. The molecule has 3 atom stereocenters. The van der Waals surface area contributed by atoms with Gasteiger partial charge in [0.25, 0.3) is 7.52 Å². The minimum atomic E-state index is -3.94. The van der Waals surface area contributed by atoms with E-state index in [2.05, 4.69) is 20.0 Å². The Balaban J connectivity index is 2.14. The van der Waals surface area contributed by atoms with Gasteiger partial charge in [0.05, 0.1) is 31.7 Å². The summed E-state index contributed by atoms with van der Waals surface area (Å²) in [4.78, 5) is 37.5. The van der Waals surface area contributed by atoms with E-state index in [0.717, 1.165) is 19.3 Å². The Kier molecular flexibility index (Phi) is 11.6. The van der Waals surface area contributed by atoms with Crippen LogP contribution in [0, 0.1) is 0 Å². The lowest BCUT2D eigenvalue weighted by atomic mass is 10.1. The minimum Gasteiger partial charge on any atom is -0.464 e. The molecule has 14 heteroatoms. The highest BCUT2D eigenvalue weighted by Crippen LogP contribution is 2.46. The molecule has 0 amide bonds. The Morgan fingerprint density at radius 1 is 1.16 bits per heavy atom. The van der Waals surface area contributed by atoms with Crippen molar-refractivity contribution >= 4 is 36.4 Å². The van der Waals surface area contributed by atoms with Crippen LogP contribution < -0.4 is 10.8 Å². The fourth-order valence-electron chi connectivity index (χ4n) is 3.45. The van der Waals surface area contributed by atoms with Crippen LogP contribution in [0.5, 0.6) is 0 Å². The molecule has 0 aliphatic heterocycles. The standard InChI is InChI=1S/C24H41N6O7P/c1-8-9-10-11-34-22(31)18(5)37-38(33,29-24(6,7)23(32)36-16(2)3)15-35-17(4)12-30-14-28-19-20(25)26-13-27-21(19)30/h13-14,16-18H,8-12,15H2,1-7H3,(H,29,33)(H2,25,26,27)/t17-,18+,38-/m1/s1. The van der Waals surface area contributed by atoms with Crippen LogP contribution in [0.2, 0.25) is 0 Å². The second kappa shape index (κ2) is 14.0. The third kappa shape index (κ3) is 9.30. The number of nitrogens with two attached hydrogens (primary N) is 1. The normalized spacial score (nSPS) is 15.3. The number of rotatable bonds is 16. The van der Waals surface area contributed by atoms with Crippen molar-refractivity contribution in [2.75, 3.05) is 18.7 Å². The van der Waals surface area contributed by atoms with Crippen LogP contribution in [0.15, 0.2) is 12.7 Å². The number of nitrogens with zero attached hydrogens (tertiary/aromatic N) is 4. The highest BCUT2D eigenvalue weighted by molar-refractivity contribution is 7.56. The number of fused-ring (bicyclic) bond motifs is 1. The Morgan fingerprint density at radius 2 is 1.87 bits per heavy atom. The number of ether oxygens (including phenoxy) is 3. The van der Waals surface area contributed by atoms with Crippen LogP contribution in [0.4, 0.5) is 5.82 Å². The van der Waals surface area contributed by atoms with E-state index < -0.39 is 43.6 Å². The molecule has 2 heterocycles. The number of hydrogen-bond donors (Lipinski definition) is 2. The number of anilines is 1. The molecular weight excluding hydrogens is 515 g/mol. The van der Waals surface area contributed by atoms with Gasteiger partial charge in [-0.1, -0.05) is 19.8 Å². The predicted molar refractivity (Wildman–Crippen MR) is 142 cm³/mol. The van der Waals surface area contributed by atoms with Crippen molar-refractivity contribution in [1.82, 2.24) is 24.6 Å². The SMILES string of the molecule is CCCCCOC(=O)[C@H](C)O[P@](=O)(CO[C@H](C)Cn1cnc2c(N)ncnc21)NC(C)(C)C(=O)OC(C)C. The summed E-state index contributed by atoms with van der Waals surface area (Å²) in [6, 6.07) is 0. The molecule has 2 aromatic rings. The van der Waals surface area contributed by atoms with Crippen LogP contribution in [-0.4, -0.2) is 68.3 Å². The fraction of sp³-hybridized carbons (Fsp3) is 0.708. The van der Waals surface area contributed by atoms with Crippen molar-refractivity contribution in [1.29, 1.82) is 0 Å². The second-order valence-corrected chi connectivity index (χ2v) is 12.0. The Hall–Kier alpha value is -2.60. The van der Waals surface area contributed by atoms with E-state index in [0.29, 0.717) is 17.7 Å². The molecule has 13 nitrogen and oxygen atoms in total. The molecule has 0 aliphatic carbocycles. The number of nitrogens with one attached hydrogen (secondary N) is 1. The average Bonchev–Trinajstić information content (AvgIpc) is 3.23. The summed E-state index contributed by atoms with van der Waals surface area (Å²) in [5.41, 5.74) is 5.45. The van der Waals surface area contributed by atoms with Gasteiger partial charge in [0.15, 0.2) is 17.6 Å². The maximum atomic E-state index is 13.9. The van der Waals surface area contributed by atoms with Crippen molar-refractivity contribution in [3.8, 4) is 0 Å². The first-order valence-electron chi connectivity index (χ1n) is 12.8. The molecule has 214 valence electrons. The van der Waals surface area contributed by atoms with E-state index in [9.17, 15) is 14.2 Å². The number of nitrogen functional groups attached to an aromatic ring is 1. The van der Waals surface area contributed by atoms with Gasteiger partial charge in [-0.3, -0.25) is 9.36 Å². The zero-order valence-electron chi connectivity index (χ0n) is 23.3. The van der Waals surface area contributed by atoms with E-state index in [-0.39, 0.29) is 18.5 Å². The number of imidazole rings is 1. The summed E-state index contributed by atoms with van der Waals surface area (Å²) >= 11 is 0. The predicted octanol–water partition coefficient (Wildman–Crippen LogP) is 3.42. The molecule has 0 saturated heterocycles. The lowest BCUT2D eigenvalue weighted by Crippen LogP contribution is -2.48. The lowest BCUT2D eigenvalue weighted by Gasteiger charge is -2.32. The van der Waals surface area contributed by atoms with E-state index >= 15 is 0 Å². The van der Waals surface area contributed by atoms with Crippen LogP contribution >= 0.6 is 7.52 Å². The summed E-state index contributed by atoms with van der Waals surface area (Å²) in [5, 5.41) is 2.76. The van der Waals surface area contributed by atoms with Crippen molar-refractivity contribution in [3.63, 3.8) is 0 Å². The summed E-state index contributed by atoms with van der Waals surface area (Å²) in [5.74, 6) is -1.02. The van der Waals surface area contributed by atoms with Gasteiger partial charge in [-0.25, -0.2) is 24.8 Å². The van der Waals surface area contributed by atoms with E-state index in [1.807, 2.05) is 6.92 Å². The van der Waals surface area contributed by atoms with Gasteiger partial charge in [-0.15, -0.1) is 0 Å². The third-order valence-electron chi connectivity index (χ3n) is 5.37. The van der Waals surface area contributed by atoms with E-state index in [1.54, 1.807) is 31.7 Å². The zero-order chi connectivity index (χ0) is 28.5. The fourth-order valence-corrected chi connectivity index (χ4v) is 5.62. The Morgan fingerprint density at radius 3 is 2.53 bits per heavy atom. The number of aromatic nitrogens is 4. The molecule has 0 radical (unpaired) electrons. The third-order valence-corrected chi connectivity index (χ3v) is 7.41. The van der Waals surface area contributed by atoms with Gasteiger partial charge in [0.2, 0.25) is 0 Å². The number of hydrogen-bond acceptors (Lipinski definition) is 11. The Bertz CT molecular complexity index is 1120. The first kappa shape index (κ1) is 31.6. The monoisotopic (exact) mass is 556 g/mol. The first-order chi connectivity index (χ1) is 17.8. The van der Waals surface area contributed by atoms with Crippen LogP contribution in [0.3, 0.4) is 0 Å². The largest absolute Gasteiger partial charge is 0.464 e. The molecule has 2 rings (SSSR count). The molecule has 3 N–H and O–H groups in total. The van der Waals surface area contributed by atoms with E-state index in [4.69, 9.17) is 24.5 Å². The van der Waals surface area contributed by atoms with Crippen LogP contribution in [-0.2, 0) is 39.4 Å². The molecule has 2 aromatic heterocycles. The summed E-state index contributed by atoms with van der Waals surface area (Å²) in [6.45, 7) is 12.3. The molecule has 0 bridgehead atoms. The molecule has 0 spiro atoms. The number of unbranched alkanes of at least 4 members (excludes halogenated alkanes) is 2. The summed E-state index contributed by atoms with van der Waals surface area (Å²) < 4.78 is 37.8. The van der Waals surface area contributed by atoms with E-state index in [1.165, 1.54) is 27.1 Å². The summed E-state index contributed by atoms with van der Waals surface area (Å²) in [7, 11) is -3.94. The number of carbonyl (C=O) groups is 2. The quantitative estimate of drug-likeness (QED) is 0.176. The highest BCUT2D eigenvalue weighted by atomic mass is 31.2. The second-order valence-electron chi connectivity index (χ2n) is 9.92. The van der Waals surface area contributed by atoms with Gasteiger partial charge in [0, 0.05) is 0 Å². The van der Waals surface area contributed by atoms with Crippen molar-refractivity contribution in [2.24, 2.45) is 0 Å². The van der Waals surface area contributed by atoms with Gasteiger partial charge in [-0.2, -0.15) is 0 Å². The highest BCUT2D eigenvalue weighted by Gasteiger charge is 2.41. The topological polar surface area (TPSA) is 170 Å². The van der Waals surface area contributed by atoms with Gasteiger partial charge in [0.1, 0.15) is 23.7 Å². The maximum Gasteiger partial charge on any atom is 0.335 e. The molecule has 0 unspecified atom stereocenters. The zero-order valence-corrected chi connectivity index (χ0v) is 24.2. The van der Waals surface area contributed by atoms with Crippen molar-refractivity contribution < 1.29 is 32.9 Å². The minimum absolute atomic E-state index is 0.241. The molecule has 0 fully saturated rings. The average molecular weight is 557 g/mol. The van der Waals surface area contributed by atoms with Crippen LogP contribution in [0.1, 0.15) is 67.7 Å². The lowest BCUT2D eigenvalue weighted by molar-refractivity contribution is -0.153. The molecule has 38 heavy (non-hydrogen) atoms. The maximum absolute atomic E-state index is 13.9.